The zero-order valence-corrected chi connectivity index (χ0v) is 10.5. The largest absolute Gasteiger partial charge is 0.480 e. The molecule has 0 aliphatic rings. The van der Waals surface area contributed by atoms with Crippen LogP contribution >= 0.6 is 0 Å². The van der Waals surface area contributed by atoms with E-state index in [2.05, 4.69) is 24.4 Å². The van der Waals surface area contributed by atoms with Crippen molar-refractivity contribution in [2.24, 2.45) is 0 Å². The van der Waals surface area contributed by atoms with Crippen molar-refractivity contribution in [3.8, 4) is 0 Å². The summed E-state index contributed by atoms with van der Waals surface area (Å²) >= 11 is 0. The summed E-state index contributed by atoms with van der Waals surface area (Å²) in [5.41, 5.74) is 1.30. The van der Waals surface area contributed by atoms with Crippen molar-refractivity contribution >= 4 is 5.97 Å². The molecule has 0 bridgehead atoms. The first-order valence-corrected chi connectivity index (χ1v) is 6.16. The molecule has 3 heteroatoms. The molecular weight excluding hydrogens is 214 g/mol. The summed E-state index contributed by atoms with van der Waals surface area (Å²) in [5.74, 6) is -0.310. The number of rotatable bonds is 7. The minimum Gasteiger partial charge on any atom is -0.480 e. The molecule has 1 aromatic carbocycles. The number of hydrogen-bond donors (Lipinski definition) is 2. The zero-order chi connectivity index (χ0) is 12.7. The van der Waals surface area contributed by atoms with Crippen LogP contribution in [0.1, 0.15) is 38.2 Å². The van der Waals surface area contributed by atoms with Crippen LogP contribution in [0.5, 0.6) is 0 Å². The SMILES string of the molecule is CCC(NCCC(C)c1ccccc1)C(=O)O. The highest BCUT2D eigenvalue weighted by Crippen LogP contribution is 2.17. The maximum Gasteiger partial charge on any atom is 0.320 e. The maximum atomic E-state index is 10.8. The number of benzene rings is 1. The molecule has 1 aromatic rings. The molecule has 94 valence electrons. The van der Waals surface area contributed by atoms with Gasteiger partial charge in [0.05, 0.1) is 0 Å². The Morgan fingerprint density at radius 1 is 1.35 bits per heavy atom. The van der Waals surface area contributed by atoms with Crippen LogP contribution in [0.15, 0.2) is 30.3 Å². The van der Waals surface area contributed by atoms with Crippen LogP contribution in [-0.2, 0) is 4.79 Å². The fourth-order valence-corrected chi connectivity index (χ4v) is 1.83. The van der Waals surface area contributed by atoms with Gasteiger partial charge in [-0.25, -0.2) is 0 Å². The van der Waals surface area contributed by atoms with E-state index in [0.29, 0.717) is 12.3 Å². The van der Waals surface area contributed by atoms with Crippen LogP contribution in [-0.4, -0.2) is 23.7 Å². The summed E-state index contributed by atoms with van der Waals surface area (Å²) in [5, 5.41) is 12.0. The van der Waals surface area contributed by atoms with E-state index in [1.54, 1.807) is 0 Å². The van der Waals surface area contributed by atoms with Crippen molar-refractivity contribution in [2.45, 2.75) is 38.6 Å². The Hall–Kier alpha value is -1.35. The maximum absolute atomic E-state index is 10.8. The highest BCUT2D eigenvalue weighted by Gasteiger charge is 2.14. The lowest BCUT2D eigenvalue weighted by atomic mass is 9.98. The molecule has 17 heavy (non-hydrogen) atoms. The van der Waals surface area contributed by atoms with Gasteiger partial charge in [-0.05, 0) is 30.9 Å². The van der Waals surface area contributed by atoms with E-state index in [-0.39, 0.29) is 0 Å². The van der Waals surface area contributed by atoms with E-state index in [0.717, 1.165) is 13.0 Å². The number of carbonyl (C=O) groups is 1. The van der Waals surface area contributed by atoms with Gasteiger partial charge < -0.3 is 10.4 Å². The molecule has 0 radical (unpaired) electrons. The van der Waals surface area contributed by atoms with Crippen molar-refractivity contribution in [3.63, 3.8) is 0 Å². The van der Waals surface area contributed by atoms with E-state index in [9.17, 15) is 4.79 Å². The molecule has 3 nitrogen and oxygen atoms in total. The number of carboxylic acids is 1. The Labute approximate surface area is 103 Å². The summed E-state index contributed by atoms with van der Waals surface area (Å²) in [4.78, 5) is 10.8. The van der Waals surface area contributed by atoms with Gasteiger partial charge >= 0.3 is 5.97 Å². The molecule has 2 N–H and O–H groups in total. The highest BCUT2D eigenvalue weighted by atomic mass is 16.4. The first kappa shape index (κ1) is 13.7. The Kier molecular flexibility index (Phi) is 5.70. The van der Waals surface area contributed by atoms with Crippen LogP contribution in [0, 0.1) is 0 Å². The molecule has 0 aliphatic heterocycles. The first-order valence-electron chi connectivity index (χ1n) is 6.16. The Bertz CT molecular complexity index is 337. The van der Waals surface area contributed by atoms with Gasteiger partial charge in [0.2, 0.25) is 0 Å². The Morgan fingerprint density at radius 2 is 2.00 bits per heavy atom. The second-order valence-electron chi connectivity index (χ2n) is 4.35. The zero-order valence-electron chi connectivity index (χ0n) is 10.5. The monoisotopic (exact) mass is 235 g/mol. The summed E-state index contributed by atoms with van der Waals surface area (Å²) in [6, 6.07) is 9.87. The van der Waals surface area contributed by atoms with Crippen LogP contribution in [0.2, 0.25) is 0 Å². The predicted molar refractivity (Wildman–Crippen MR) is 69.2 cm³/mol. The van der Waals surface area contributed by atoms with Gasteiger partial charge in [-0.3, -0.25) is 4.79 Å². The van der Waals surface area contributed by atoms with E-state index < -0.39 is 12.0 Å². The third kappa shape index (κ3) is 4.57. The van der Waals surface area contributed by atoms with Crippen molar-refractivity contribution < 1.29 is 9.90 Å². The normalized spacial score (nSPS) is 14.2. The smallest absolute Gasteiger partial charge is 0.320 e. The van der Waals surface area contributed by atoms with Crippen molar-refractivity contribution in [1.82, 2.24) is 5.32 Å². The lowest BCUT2D eigenvalue weighted by molar-refractivity contribution is -0.139. The van der Waals surface area contributed by atoms with E-state index in [4.69, 9.17) is 5.11 Å². The first-order chi connectivity index (χ1) is 8.15. The van der Waals surface area contributed by atoms with Crippen LogP contribution in [0.3, 0.4) is 0 Å². The second-order valence-corrected chi connectivity index (χ2v) is 4.35. The molecule has 0 aromatic heterocycles. The Balaban J connectivity index is 2.34. The average molecular weight is 235 g/mol. The van der Waals surface area contributed by atoms with Crippen LogP contribution in [0.25, 0.3) is 0 Å². The Morgan fingerprint density at radius 3 is 2.53 bits per heavy atom. The molecule has 0 heterocycles. The van der Waals surface area contributed by atoms with Gasteiger partial charge in [0.15, 0.2) is 0 Å². The predicted octanol–water partition coefficient (Wildman–Crippen LogP) is 2.63. The standard InChI is InChI=1S/C14H21NO2/c1-3-13(14(16)17)15-10-9-11(2)12-7-5-4-6-8-12/h4-8,11,13,15H,3,9-10H2,1-2H3,(H,16,17). The topological polar surface area (TPSA) is 49.3 Å². The van der Waals surface area contributed by atoms with Gasteiger partial charge in [0.1, 0.15) is 6.04 Å². The summed E-state index contributed by atoms with van der Waals surface area (Å²) in [6.07, 6.45) is 1.57. The van der Waals surface area contributed by atoms with E-state index in [1.807, 2.05) is 25.1 Å². The molecule has 1 rings (SSSR count). The fraction of sp³-hybridized carbons (Fsp3) is 0.500. The average Bonchev–Trinajstić information content (AvgIpc) is 2.35. The molecule has 2 unspecified atom stereocenters. The van der Waals surface area contributed by atoms with Crippen molar-refractivity contribution in [1.29, 1.82) is 0 Å². The lowest BCUT2D eigenvalue weighted by Gasteiger charge is -2.15. The molecule has 0 saturated heterocycles. The minimum atomic E-state index is -0.764. The van der Waals surface area contributed by atoms with Crippen LogP contribution < -0.4 is 5.32 Å². The second kappa shape index (κ2) is 7.07. The summed E-state index contributed by atoms with van der Waals surface area (Å²) in [6.45, 7) is 4.78. The van der Waals surface area contributed by atoms with E-state index in [1.165, 1.54) is 5.56 Å². The lowest BCUT2D eigenvalue weighted by Crippen LogP contribution is -2.36. The molecular formula is C14H21NO2. The number of carboxylic acid groups (broad SMARTS) is 1. The summed E-state index contributed by atoms with van der Waals surface area (Å²) < 4.78 is 0. The fourth-order valence-electron chi connectivity index (χ4n) is 1.83. The van der Waals surface area contributed by atoms with Gasteiger partial charge in [0.25, 0.3) is 0 Å². The van der Waals surface area contributed by atoms with Gasteiger partial charge in [-0.1, -0.05) is 44.2 Å². The molecule has 0 aliphatic carbocycles. The molecule has 2 atom stereocenters. The molecule has 0 saturated carbocycles. The minimum absolute atomic E-state index is 0.419. The third-order valence-corrected chi connectivity index (χ3v) is 3.04. The molecule has 0 spiro atoms. The summed E-state index contributed by atoms with van der Waals surface area (Å²) in [7, 11) is 0. The van der Waals surface area contributed by atoms with Crippen LogP contribution in [0.4, 0.5) is 0 Å². The number of nitrogens with one attached hydrogen (secondary N) is 1. The van der Waals surface area contributed by atoms with Gasteiger partial charge in [-0.2, -0.15) is 0 Å². The third-order valence-electron chi connectivity index (χ3n) is 3.04. The molecule has 0 fully saturated rings. The van der Waals surface area contributed by atoms with Gasteiger partial charge in [0, 0.05) is 0 Å². The van der Waals surface area contributed by atoms with Crippen molar-refractivity contribution in [3.05, 3.63) is 35.9 Å². The number of aliphatic carboxylic acids is 1. The van der Waals surface area contributed by atoms with Crippen molar-refractivity contribution in [2.75, 3.05) is 6.54 Å². The molecule has 0 amide bonds. The highest BCUT2D eigenvalue weighted by molar-refractivity contribution is 5.73. The number of hydrogen-bond acceptors (Lipinski definition) is 2. The quantitative estimate of drug-likeness (QED) is 0.764. The van der Waals surface area contributed by atoms with E-state index >= 15 is 0 Å². The van der Waals surface area contributed by atoms with Gasteiger partial charge in [-0.15, -0.1) is 0 Å².